The second-order valence-electron chi connectivity index (χ2n) is 6.37. The second kappa shape index (κ2) is 7.23. The number of nitrogens with zero attached hydrogens (tertiary/aromatic N) is 5. The number of aromatic nitrogens is 4. The molecular formula is C19H20ClN5. The molecular weight excluding hydrogens is 334 g/mol. The molecule has 4 heterocycles. The zero-order valence-electron chi connectivity index (χ0n) is 13.9. The molecule has 1 saturated heterocycles. The summed E-state index contributed by atoms with van der Waals surface area (Å²) in [4.78, 5) is 15.6. The van der Waals surface area contributed by atoms with Crippen molar-refractivity contribution in [2.75, 3.05) is 18.0 Å². The van der Waals surface area contributed by atoms with Gasteiger partial charge >= 0.3 is 0 Å². The van der Waals surface area contributed by atoms with Crippen LogP contribution in [0.4, 0.5) is 5.82 Å². The minimum atomic E-state index is 0.374. The summed E-state index contributed by atoms with van der Waals surface area (Å²) in [5, 5.41) is 0.710. The van der Waals surface area contributed by atoms with Gasteiger partial charge < -0.3 is 9.47 Å². The van der Waals surface area contributed by atoms with Gasteiger partial charge in [-0.25, -0.2) is 9.97 Å². The van der Waals surface area contributed by atoms with E-state index in [-0.39, 0.29) is 0 Å². The molecule has 1 aliphatic heterocycles. The number of piperidine rings is 1. The van der Waals surface area contributed by atoms with Crippen molar-refractivity contribution < 1.29 is 0 Å². The van der Waals surface area contributed by atoms with Crippen molar-refractivity contribution in [2.24, 2.45) is 0 Å². The van der Waals surface area contributed by atoms with Crippen LogP contribution in [0.3, 0.4) is 0 Å². The van der Waals surface area contributed by atoms with Gasteiger partial charge in [-0.3, -0.25) is 4.98 Å². The first kappa shape index (κ1) is 16.1. The van der Waals surface area contributed by atoms with Crippen LogP contribution in [0.5, 0.6) is 0 Å². The maximum Gasteiger partial charge on any atom is 0.147 e. The van der Waals surface area contributed by atoms with Crippen LogP contribution < -0.4 is 4.90 Å². The van der Waals surface area contributed by atoms with Gasteiger partial charge in [-0.05, 0) is 36.6 Å². The molecule has 1 atom stereocenters. The van der Waals surface area contributed by atoms with Crippen molar-refractivity contribution in [2.45, 2.75) is 25.3 Å². The van der Waals surface area contributed by atoms with Crippen molar-refractivity contribution in [3.8, 4) is 0 Å². The minimum Gasteiger partial charge on any atom is -0.355 e. The summed E-state index contributed by atoms with van der Waals surface area (Å²) >= 11 is 6.34. The molecule has 5 nitrogen and oxygen atoms in total. The number of halogens is 1. The lowest BCUT2D eigenvalue weighted by molar-refractivity contribution is 0.474. The predicted molar refractivity (Wildman–Crippen MR) is 99.0 cm³/mol. The molecule has 1 fully saturated rings. The van der Waals surface area contributed by atoms with Crippen LogP contribution in [0.25, 0.3) is 0 Å². The van der Waals surface area contributed by atoms with E-state index in [4.69, 9.17) is 11.6 Å². The van der Waals surface area contributed by atoms with Crippen LogP contribution in [0, 0.1) is 0 Å². The number of anilines is 1. The van der Waals surface area contributed by atoms with Gasteiger partial charge in [0.25, 0.3) is 0 Å². The highest BCUT2D eigenvalue weighted by Crippen LogP contribution is 2.31. The van der Waals surface area contributed by atoms with E-state index in [1.54, 1.807) is 12.4 Å². The average molecular weight is 354 g/mol. The Morgan fingerprint density at radius 1 is 1.12 bits per heavy atom. The Hall–Kier alpha value is -2.40. The Labute approximate surface area is 152 Å². The lowest BCUT2D eigenvalue weighted by Gasteiger charge is -2.33. The molecule has 0 spiro atoms. The highest BCUT2D eigenvalue weighted by Gasteiger charge is 2.26. The number of hydrogen-bond donors (Lipinski definition) is 0. The van der Waals surface area contributed by atoms with E-state index >= 15 is 0 Å². The molecule has 0 radical (unpaired) electrons. The topological polar surface area (TPSA) is 46.8 Å². The van der Waals surface area contributed by atoms with E-state index < -0.39 is 0 Å². The fourth-order valence-electron chi connectivity index (χ4n) is 3.49. The quantitative estimate of drug-likeness (QED) is 0.716. The zero-order chi connectivity index (χ0) is 17.1. The van der Waals surface area contributed by atoms with Crippen molar-refractivity contribution in [3.63, 3.8) is 0 Å². The van der Waals surface area contributed by atoms with Crippen LogP contribution >= 0.6 is 11.6 Å². The predicted octanol–water partition coefficient (Wildman–Crippen LogP) is 3.76. The fourth-order valence-corrected chi connectivity index (χ4v) is 3.73. The average Bonchev–Trinajstić information content (AvgIpc) is 3.11. The lowest BCUT2D eigenvalue weighted by Crippen LogP contribution is -2.36. The Morgan fingerprint density at radius 3 is 2.88 bits per heavy atom. The van der Waals surface area contributed by atoms with Crippen molar-refractivity contribution in [3.05, 3.63) is 71.7 Å². The molecule has 0 aliphatic carbocycles. The SMILES string of the molecule is Clc1cccnc1N1CCC[C@H](c2nccn2Cc2cccnc2)C1. The van der Waals surface area contributed by atoms with Gasteiger partial charge in [0.1, 0.15) is 11.6 Å². The molecule has 1 aliphatic rings. The molecule has 0 amide bonds. The Balaban J connectivity index is 1.54. The van der Waals surface area contributed by atoms with Crippen LogP contribution in [0.1, 0.15) is 30.1 Å². The first-order valence-corrected chi connectivity index (χ1v) is 8.94. The van der Waals surface area contributed by atoms with E-state index in [2.05, 4.69) is 36.7 Å². The van der Waals surface area contributed by atoms with Crippen LogP contribution in [-0.2, 0) is 6.54 Å². The number of imidazole rings is 1. The highest BCUT2D eigenvalue weighted by atomic mass is 35.5. The summed E-state index contributed by atoms with van der Waals surface area (Å²) in [6, 6.07) is 7.83. The molecule has 3 aromatic heterocycles. The third kappa shape index (κ3) is 3.51. The Bertz CT molecular complexity index is 833. The summed E-state index contributed by atoms with van der Waals surface area (Å²) < 4.78 is 2.23. The first-order chi connectivity index (χ1) is 12.3. The first-order valence-electron chi connectivity index (χ1n) is 8.56. The van der Waals surface area contributed by atoms with E-state index in [0.29, 0.717) is 10.9 Å². The van der Waals surface area contributed by atoms with E-state index in [1.165, 1.54) is 5.56 Å². The summed E-state index contributed by atoms with van der Waals surface area (Å²) in [7, 11) is 0. The number of hydrogen-bond acceptors (Lipinski definition) is 4. The zero-order valence-corrected chi connectivity index (χ0v) is 14.7. The molecule has 0 aromatic carbocycles. The van der Waals surface area contributed by atoms with Gasteiger partial charge in [0, 0.05) is 50.0 Å². The summed E-state index contributed by atoms with van der Waals surface area (Å²) in [5.74, 6) is 2.37. The van der Waals surface area contributed by atoms with Gasteiger partial charge in [0.05, 0.1) is 11.6 Å². The van der Waals surface area contributed by atoms with Gasteiger partial charge in [-0.1, -0.05) is 17.7 Å². The number of pyridine rings is 2. The maximum absolute atomic E-state index is 6.34. The van der Waals surface area contributed by atoms with Crippen LogP contribution in [-0.4, -0.2) is 32.6 Å². The third-order valence-electron chi connectivity index (χ3n) is 4.65. The largest absolute Gasteiger partial charge is 0.355 e. The fraction of sp³-hybridized carbons (Fsp3) is 0.316. The van der Waals surface area contributed by atoms with Gasteiger partial charge in [-0.2, -0.15) is 0 Å². The van der Waals surface area contributed by atoms with Gasteiger partial charge in [-0.15, -0.1) is 0 Å². The van der Waals surface area contributed by atoms with Crippen molar-refractivity contribution in [1.82, 2.24) is 19.5 Å². The smallest absolute Gasteiger partial charge is 0.147 e. The normalized spacial score (nSPS) is 17.6. The van der Waals surface area contributed by atoms with Crippen molar-refractivity contribution in [1.29, 1.82) is 0 Å². The van der Waals surface area contributed by atoms with Gasteiger partial charge in [0.2, 0.25) is 0 Å². The molecule has 0 unspecified atom stereocenters. The summed E-state index contributed by atoms with van der Waals surface area (Å²) in [6.45, 7) is 2.67. The molecule has 6 heteroatoms. The summed E-state index contributed by atoms with van der Waals surface area (Å²) in [5.41, 5.74) is 1.18. The highest BCUT2D eigenvalue weighted by molar-refractivity contribution is 6.32. The minimum absolute atomic E-state index is 0.374. The standard InChI is InChI=1S/C19H20ClN5/c20-17-6-2-8-22-19(17)24-10-3-5-16(14-24)18-23-9-11-25(18)13-15-4-1-7-21-12-15/h1-2,4,6-9,11-12,16H,3,5,10,13-14H2/t16-/m0/s1. The van der Waals surface area contributed by atoms with Crippen molar-refractivity contribution >= 4 is 17.4 Å². The van der Waals surface area contributed by atoms with E-state index in [0.717, 1.165) is 44.1 Å². The molecule has 0 saturated carbocycles. The molecule has 25 heavy (non-hydrogen) atoms. The molecule has 0 N–H and O–H groups in total. The monoisotopic (exact) mass is 353 g/mol. The Kier molecular flexibility index (Phi) is 4.65. The van der Waals surface area contributed by atoms with E-state index in [9.17, 15) is 0 Å². The van der Waals surface area contributed by atoms with E-state index in [1.807, 2.05) is 30.6 Å². The Morgan fingerprint density at radius 2 is 2.04 bits per heavy atom. The second-order valence-corrected chi connectivity index (χ2v) is 6.78. The van der Waals surface area contributed by atoms with Crippen LogP contribution in [0.15, 0.2) is 55.2 Å². The van der Waals surface area contributed by atoms with Gasteiger partial charge in [0.15, 0.2) is 0 Å². The lowest BCUT2D eigenvalue weighted by atomic mass is 9.97. The third-order valence-corrected chi connectivity index (χ3v) is 4.94. The molecule has 4 rings (SSSR count). The number of rotatable bonds is 4. The molecule has 3 aromatic rings. The maximum atomic E-state index is 6.34. The van der Waals surface area contributed by atoms with Crippen LogP contribution in [0.2, 0.25) is 5.02 Å². The molecule has 0 bridgehead atoms. The summed E-state index contributed by atoms with van der Waals surface area (Å²) in [6.07, 6.45) is 11.7. The molecule has 128 valence electrons.